The van der Waals surface area contributed by atoms with Gasteiger partial charge < -0.3 is 5.11 Å². The van der Waals surface area contributed by atoms with Crippen LogP contribution in [-0.4, -0.2) is 25.2 Å². The maximum atomic E-state index is 12.1. The molecule has 0 fully saturated rings. The number of carboxylic acids is 1. The Labute approximate surface area is 115 Å². The van der Waals surface area contributed by atoms with Crippen LogP contribution in [0.1, 0.15) is 15.2 Å². The molecule has 0 amide bonds. The second-order valence-electron chi connectivity index (χ2n) is 3.98. The predicted octanol–water partition coefficient (Wildman–Crippen LogP) is 2.46. The lowest BCUT2D eigenvalue weighted by molar-refractivity contribution is 0.0697. The van der Waals surface area contributed by atoms with E-state index in [-0.39, 0.29) is 16.2 Å². The van der Waals surface area contributed by atoms with Crippen molar-refractivity contribution in [1.29, 1.82) is 0 Å². The van der Waals surface area contributed by atoms with E-state index in [1.807, 2.05) is 17.5 Å². The third-order valence-electron chi connectivity index (χ3n) is 2.66. The van der Waals surface area contributed by atoms with Crippen LogP contribution in [0.5, 0.6) is 0 Å². The molecule has 1 aromatic carbocycles. The molecule has 0 saturated heterocycles. The number of hydrogen-bond donors (Lipinski definition) is 1. The van der Waals surface area contributed by atoms with Crippen molar-refractivity contribution in [1.82, 2.24) is 0 Å². The van der Waals surface area contributed by atoms with E-state index < -0.39 is 15.8 Å². The standard InChI is InChI=1S/C13H12O4S2/c14-13(15)10-3-5-12(6-4-10)19(16,17)9-7-11-2-1-8-18-11/h1-6,8H,7,9H2,(H,14,15). The highest BCUT2D eigenvalue weighted by molar-refractivity contribution is 7.91. The number of hydrogen-bond acceptors (Lipinski definition) is 4. The van der Waals surface area contributed by atoms with Crippen molar-refractivity contribution < 1.29 is 18.3 Å². The van der Waals surface area contributed by atoms with Crippen LogP contribution in [-0.2, 0) is 16.3 Å². The Hall–Kier alpha value is -1.66. The fraction of sp³-hybridized carbons (Fsp3) is 0.154. The SMILES string of the molecule is O=C(O)c1ccc(S(=O)(=O)CCc2cccs2)cc1. The molecule has 0 saturated carbocycles. The van der Waals surface area contributed by atoms with Crippen LogP contribution >= 0.6 is 11.3 Å². The minimum atomic E-state index is -3.37. The molecule has 0 bridgehead atoms. The van der Waals surface area contributed by atoms with Crippen LogP contribution in [0.3, 0.4) is 0 Å². The van der Waals surface area contributed by atoms with Gasteiger partial charge in [-0.05, 0) is 42.1 Å². The molecular formula is C13H12O4S2. The number of rotatable bonds is 5. The first-order valence-corrected chi connectivity index (χ1v) is 8.11. The van der Waals surface area contributed by atoms with Gasteiger partial charge >= 0.3 is 5.97 Å². The fourth-order valence-electron chi connectivity index (χ4n) is 1.61. The predicted molar refractivity (Wildman–Crippen MR) is 73.5 cm³/mol. The highest BCUT2D eigenvalue weighted by atomic mass is 32.2. The summed E-state index contributed by atoms with van der Waals surface area (Å²) < 4.78 is 24.1. The molecule has 1 aromatic heterocycles. The van der Waals surface area contributed by atoms with Gasteiger partial charge in [-0.1, -0.05) is 6.07 Å². The summed E-state index contributed by atoms with van der Waals surface area (Å²) >= 11 is 1.52. The molecule has 1 heterocycles. The number of carbonyl (C=O) groups is 1. The van der Waals surface area contributed by atoms with Crippen molar-refractivity contribution >= 4 is 27.1 Å². The average molecular weight is 296 g/mol. The average Bonchev–Trinajstić information content (AvgIpc) is 2.90. The van der Waals surface area contributed by atoms with Gasteiger partial charge in [0.25, 0.3) is 0 Å². The first-order chi connectivity index (χ1) is 8.99. The Kier molecular flexibility index (Phi) is 4.01. The summed E-state index contributed by atoms with van der Waals surface area (Å²) in [6.45, 7) is 0. The minimum absolute atomic E-state index is 0.0277. The zero-order valence-corrected chi connectivity index (χ0v) is 11.6. The zero-order valence-electron chi connectivity index (χ0n) is 9.94. The molecular weight excluding hydrogens is 284 g/mol. The molecule has 0 unspecified atom stereocenters. The molecule has 19 heavy (non-hydrogen) atoms. The highest BCUT2D eigenvalue weighted by Gasteiger charge is 2.15. The molecule has 4 nitrogen and oxygen atoms in total. The normalized spacial score (nSPS) is 11.4. The molecule has 2 rings (SSSR count). The van der Waals surface area contributed by atoms with Gasteiger partial charge in [-0.3, -0.25) is 0 Å². The summed E-state index contributed by atoms with van der Waals surface area (Å²) in [6, 6.07) is 9.07. The van der Waals surface area contributed by atoms with Crippen molar-refractivity contribution in [3.8, 4) is 0 Å². The zero-order chi connectivity index (χ0) is 13.9. The number of benzene rings is 1. The quantitative estimate of drug-likeness (QED) is 0.920. The van der Waals surface area contributed by atoms with Crippen LogP contribution < -0.4 is 0 Å². The van der Waals surface area contributed by atoms with Gasteiger partial charge in [-0.2, -0.15) is 0 Å². The molecule has 0 aliphatic rings. The van der Waals surface area contributed by atoms with Crippen molar-refractivity contribution in [3.05, 3.63) is 52.2 Å². The van der Waals surface area contributed by atoms with E-state index in [4.69, 9.17) is 5.11 Å². The summed E-state index contributed by atoms with van der Waals surface area (Å²) in [7, 11) is -3.37. The first-order valence-electron chi connectivity index (χ1n) is 5.57. The van der Waals surface area contributed by atoms with Crippen LogP contribution in [0.15, 0.2) is 46.7 Å². The summed E-state index contributed by atoms with van der Waals surface area (Å²) in [5.41, 5.74) is 0.0807. The molecule has 0 radical (unpaired) electrons. The van der Waals surface area contributed by atoms with E-state index in [2.05, 4.69) is 0 Å². The summed E-state index contributed by atoms with van der Waals surface area (Å²) in [5.74, 6) is -1.04. The summed E-state index contributed by atoms with van der Waals surface area (Å²) in [4.78, 5) is 11.9. The topological polar surface area (TPSA) is 71.4 Å². The van der Waals surface area contributed by atoms with Gasteiger partial charge in [0.15, 0.2) is 9.84 Å². The van der Waals surface area contributed by atoms with Crippen molar-refractivity contribution in [2.45, 2.75) is 11.3 Å². The van der Waals surface area contributed by atoms with Crippen LogP contribution in [0.25, 0.3) is 0 Å². The Morgan fingerprint density at radius 1 is 1.16 bits per heavy atom. The van der Waals surface area contributed by atoms with Crippen molar-refractivity contribution in [3.63, 3.8) is 0 Å². The van der Waals surface area contributed by atoms with E-state index in [9.17, 15) is 13.2 Å². The van der Waals surface area contributed by atoms with Gasteiger partial charge in [0.1, 0.15) is 0 Å². The first kappa shape index (κ1) is 13.8. The lowest BCUT2D eigenvalue weighted by Gasteiger charge is -2.04. The maximum absolute atomic E-state index is 12.1. The van der Waals surface area contributed by atoms with Gasteiger partial charge in [0.2, 0.25) is 0 Å². The van der Waals surface area contributed by atoms with Gasteiger partial charge in [0, 0.05) is 4.88 Å². The van der Waals surface area contributed by atoms with E-state index in [0.29, 0.717) is 6.42 Å². The maximum Gasteiger partial charge on any atom is 0.335 e. The smallest absolute Gasteiger partial charge is 0.335 e. The number of carboxylic acid groups (broad SMARTS) is 1. The molecule has 100 valence electrons. The fourth-order valence-corrected chi connectivity index (χ4v) is 3.73. The molecule has 0 atom stereocenters. The Bertz CT molecular complexity index is 655. The van der Waals surface area contributed by atoms with E-state index >= 15 is 0 Å². The van der Waals surface area contributed by atoms with Crippen molar-refractivity contribution in [2.75, 3.05) is 5.75 Å². The van der Waals surface area contributed by atoms with E-state index in [0.717, 1.165) is 4.88 Å². The molecule has 0 aliphatic heterocycles. The van der Waals surface area contributed by atoms with Crippen LogP contribution in [0, 0.1) is 0 Å². The Morgan fingerprint density at radius 3 is 2.37 bits per heavy atom. The minimum Gasteiger partial charge on any atom is -0.478 e. The molecule has 0 aliphatic carbocycles. The summed E-state index contributed by atoms with van der Waals surface area (Å²) in [6.07, 6.45) is 0.473. The number of aryl methyl sites for hydroxylation is 1. The molecule has 1 N–H and O–H groups in total. The van der Waals surface area contributed by atoms with Crippen LogP contribution in [0.4, 0.5) is 0 Å². The molecule has 6 heteroatoms. The Morgan fingerprint density at radius 2 is 1.84 bits per heavy atom. The Balaban J connectivity index is 2.13. The number of sulfone groups is 1. The van der Waals surface area contributed by atoms with Gasteiger partial charge in [-0.25, -0.2) is 13.2 Å². The third kappa shape index (κ3) is 3.42. The number of thiophene rings is 1. The van der Waals surface area contributed by atoms with E-state index in [1.54, 1.807) is 0 Å². The second kappa shape index (κ2) is 5.54. The third-order valence-corrected chi connectivity index (χ3v) is 5.33. The highest BCUT2D eigenvalue weighted by Crippen LogP contribution is 2.16. The number of aromatic carboxylic acids is 1. The summed E-state index contributed by atoms with van der Waals surface area (Å²) in [5, 5.41) is 10.7. The van der Waals surface area contributed by atoms with Crippen molar-refractivity contribution in [2.24, 2.45) is 0 Å². The van der Waals surface area contributed by atoms with Crippen LogP contribution in [0.2, 0.25) is 0 Å². The monoisotopic (exact) mass is 296 g/mol. The largest absolute Gasteiger partial charge is 0.478 e. The molecule has 0 spiro atoms. The lowest BCUT2D eigenvalue weighted by atomic mass is 10.2. The van der Waals surface area contributed by atoms with E-state index in [1.165, 1.54) is 35.6 Å². The molecule has 2 aromatic rings. The van der Waals surface area contributed by atoms with Gasteiger partial charge in [-0.15, -0.1) is 11.3 Å². The lowest BCUT2D eigenvalue weighted by Crippen LogP contribution is -2.09. The van der Waals surface area contributed by atoms with Gasteiger partial charge in [0.05, 0.1) is 16.2 Å². The second-order valence-corrected chi connectivity index (χ2v) is 7.12.